The highest BCUT2D eigenvalue weighted by Gasteiger charge is 2.32. The summed E-state index contributed by atoms with van der Waals surface area (Å²) in [5.41, 5.74) is 2.42. The summed E-state index contributed by atoms with van der Waals surface area (Å²) in [6.07, 6.45) is 4.01. The first kappa shape index (κ1) is 24.7. The van der Waals surface area contributed by atoms with Gasteiger partial charge < -0.3 is 20.5 Å². The largest absolute Gasteiger partial charge is 0.480 e. The minimum Gasteiger partial charge on any atom is -0.480 e. The first-order valence-electron chi connectivity index (χ1n) is 11.4. The highest BCUT2D eigenvalue weighted by molar-refractivity contribution is 6.39. The fraction of sp³-hybridized carbons (Fsp3) is 0.458. The number of benzene rings is 1. The highest BCUT2D eigenvalue weighted by Crippen LogP contribution is 2.24. The number of aliphatic carboxylic acids is 1. The Bertz CT molecular complexity index is 1030. The molecule has 2 aromatic rings. The van der Waals surface area contributed by atoms with E-state index in [0.29, 0.717) is 19.7 Å². The van der Waals surface area contributed by atoms with Gasteiger partial charge in [0.15, 0.2) is 0 Å². The molecular weight excluding hydrogens is 479 g/mol. The van der Waals surface area contributed by atoms with E-state index in [1.54, 1.807) is 6.07 Å². The van der Waals surface area contributed by atoms with Crippen LogP contribution in [0, 0.1) is 0 Å². The van der Waals surface area contributed by atoms with Gasteiger partial charge in [0.2, 0.25) is 0 Å². The fourth-order valence-corrected chi connectivity index (χ4v) is 4.75. The van der Waals surface area contributed by atoms with Gasteiger partial charge in [-0.1, -0.05) is 35.3 Å². The minimum atomic E-state index is -1.12. The molecule has 0 spiro atoms. The molecule has 3 heterocycles. The number of pyridine rings is 1. The smallest absolute Gasteiger partial charge is 0.327 e. The topological polar surface area (TPSA) is 104 Å². The van der Waals surface area contributed by atoms with Crippen LogP contribution in [0.4, 0.5) is 5.82 Å². The Hall–Kier alpha value is -2.39. The van der Waals surface area contributed by atoms with Gasteiger partial charge >= 0.3 is 5.97 Å². The van der Waals surface area contributed by atoms with Crippen molar-refractivity contribution in [1.82, 2.24) is 15.2 Å². The van der Waals surface area contributed by atoms with Crippen LogP contribution in [0.1, 0.15) is 34.5 Å². The molecule has 8 nitrogen and oxygen atoms in total. The van der Waals surface area contributed by atoms with Crippen LogP contribution in [0.3, 0.4) is 0 Å². The van der Waals surface area contributed by atoms with Crippen molar-refractivity contribution in [3.63, 3.8) is 0 Å². The number of hydrogen-bond donors (Lipinski definition) is 3. The summed E-state index contributed by atoms with van der Waals surface area (Å²) in [5.74, 6) is -0.716. The summed E-state index contributed by atoms with van der Waals surface area (Å²) in [5, 5.41) is 15.8. The molecule has 0 unspecified atom stereocenters. The molecule has 1 fully saturated rings. The van der Waals surface area contributed by atoms with Gasteiger partial charge in [0.1, 0.15) is 11.9 Å². The van der Waals surface area contributed by atoms with Crippen molar-refractivity contribution >= 4 is 40.9 Å². The molecule has 4 rings (SSSR count). The number of rotatable bonds is 10. The normalized spacial score (nSPS) is 16.8. The summed E-state index contributed by atoms with van der Waals surface area (Å²) in [4.78, 5) is 30.8. The SMILES string of the molecule is O=C(N[C@H](CN1CC(OCCCc2ccc3c(n2)NCCC3)C1)C(=O)O)c1c(Cl)cccc1Cl. The van der Waals surface area contributed by atoms with E-state index in [2.05, 4.69) is 22.8 Å². The number of carboxylic acid groups (broad SMARTS) is 1. The standard InChI is InChI=1S/C24H28Cl2N4O4/c25-18-6-1-7-19(26)21(18)23(31)29-20(24(32)33)14-30-12-17(13-30)34-11-3-5-16-9-8-15-4-2-10-27-22(15)28-16/h1,6-9,17,20H,2-5,10-14H2,(H,27,28)(H,29,31)(H,32,33)/t20-/m1/s1. The molecule has 1 aromatic carbocycles. The van der Waals surface area contributed by atoms with Gasteiger partial charge in [-0.2, -0.15) is 0 Å². The second-order valence-corrected chi connectivity index (χ2v) is 9.43. The van der Waals surface area contributed by atoms with Crippen molar-refractivity contribution in [2.75, 3.05) is 38.1 Å². The highest BCUT2D eigenvalue weighted by atomic mass is 35.5. The first-order chi connectivity index (χ1) is 16.4. The van der Waals surface area contributed by atoms with Crippen molar-refractivity contribution < 1.29 is 19.4 Å². The fourth-order valence-electron chi connectivity index (χ4n) is 4.18. The first-order valence-corrected chi connectivity index (χ1v) is 12.2. The molecule has 182 valence electrons. The monoisotopic (exact) mass is 506 g/mol. The number of amides is 1. The molecule has 0 radical (unpaired) electrons. The lowest BCUT2D eigenvalue weighted by atomic mass is 10.1. The summed E-state index contributed by atoms with van der Waals surface area (Å²) in [6, 6.07) is 7.86. The zero-order chi connectivity index (χ0) is 24.1. The van der Waals surface area contributed by atoms with Crippen molar-refractivity contribution in [2.24, 2.45) is 0 Å². The van der Waals surface area contributed by atoms with Crippen LogP contribution < -0.4 is 10.6 Å². The van der Waals surface area contributed by atoms with E-state index in [9.17, 15) is 14.7 Å². The Kier molecular flexibility index (Phi) is 8.26. The number of carbonyl (C=O) groups is 2. The molecule has 34 heavy (non-hydrogen) atoms. The molecule has 1 amide bonds. The molecule has 0 aliphatic carbocycles. The summed E-state index contributed by atoms with van der Waals surface area (Å²) in [6.45, 7) is 3.01. The number of aromatic nitrogens is 1. The van der Waals surface area contributed by atoms with E-state index in [0.717, 1.165) is 43.7 Å². The maximum Gasteiger partial charge on any atom is 0.327 e. The molecule has 10 heteroatoms. The van der Waals surface area contributed by atoms with E-state index < -0.39 is 17.9 Å². The van der Waals surface area contributed by atoms with Crippen LogP contribution in [-0.4, -0.2) is 71.8 Å². The second kappa shape index (κ2) is 11.4. The summed E-state index contributed by atoms with van der Waals surface area (Å²) < 4.78 is 5.91. The number of fused-ring (bicyclic) bond motifs is 1. The number of nitrogens with one attached hydrogen (secondary N) is 2. The molecule has 0 bridgehead atoms. The number of carboxylic acids is 1. The predicted molar refractivity (Wildman–Crippen MR) is 131 cm³/mol. The van der Waals surface area contributed by atoms with Crippen LogP contribution in [-0.2, 0) is 22.4 Å². The zero-order valence-electron chi connectivity index (χ0n) is 18.7. The van der Waals surface area contributed by atoms with Crippen molar-refractivity contribution in [1.29, 1.82) is 0 Å². The van der Waals surface area contributed by atoms with E-state index in [-0.39, 0.29) is 28.3 Å². The number of nitrogens with zero attached hydrogens (tertiary/aromatic N) is 2. The predicted octanol–water partition coefficient (Wildman–Crippen LogP) is 3.26. The van der Waals surface area contributed by atoms with Crippen LogP contribution in [0.2, 0.25) is 10.0 Å². The molecule has 1 aromatic heterocycles. The van der Waals surface area contributed by atoms with Gasteiger partial charge in [-0.05, 0) is 49.4 Å². The lowest BCUT2D eigenvalue weighted by molar-refractivity contribution is -0.141. The van der Waals surface area contributed by atoms with Crippen LogP contribution >= 0.6 is 23.2 Å². The maximum atomic E-state index is 12.5. The Morgan fingerprint density at radius 1 is 1.24 bits per heavy atom. The average Bonchev–Trinajstić information content (AvgIpc) is 2.78. The van der Waals surface area contributed by atoms with Gasteiger partial charge in [0, 0.05) is 38.5 Å². The van der Waals surface area contributed by atoms with E-state index in [1.807, 2.05) is 4.90 Å². The Morgan fingerprint density at radius 2 is 2.00 bits per heavy atom. The van der Waals surface area contributed by atoms with Crippen molar-refractivity contribution in [2.45, 2.75) is 37.8 Å². The van der Waals surface area contributed by atoms with Crippen LogP contribution in [0.15, 0.2) is 30.3 Å². The quantitative estimate of drug-likeness (QED) is 0.424. The maximum absolute atomic E-state index is 12.5. The Morgan fingerprint density at radius 3 is 2.74 bits per heavy atom. The molecule has 1 saturated heterocycles. The molecule has 2 aliphatic rings. The zero-order valence-corrected chi connectivity index (χ0v) is 20.2. The number of halogens is 2. The number of hydrogen-bond acceptors (Lipinski definition) is 6. The lowest BCUT2D eigenvalue weighted by Crippen LogP contribution is -2.58. The average molecular weight is 507 g/mol. The van der Waals surface area contributed by atoms with E-state index >= 15 is 0 Å². The third-order valence-electron chi connectivity index (χ3n) is 6.04. The second-order valence-electron chi connectivity index (χ2n) is 8.62. The van der Waals surface area contributed by atoms with Gasteiger partial charge in [0.25, 0.3) is 5.91 Å². The van der Waals surface area contributed by atoms with Gasteiger partial charge in [-0.15, -0.1) is 0 Å². The van der Waals surface area contributed by atoms with Crippen LogP contribution in [0.25, 0.3) is 0 Å². The number of anilines is 1. The van der Waals surface area contributed by atoms with Gasteiger partial charge in [-0.25, -0.2) is 9.78 Å². The number of likely N-dealkylation sites (tertiary alicyclic amines) is 1. The van der Waals surface area contributed by atoms with Gasteiger partial charge in [-0.3, -0.25) is 9.69 Å². The number of aryl methyl sites for hydroxylation is 2. The van der Waals surface area contributed by atoms with Crippen molar-refractivity contribution in [3.8, 4) is 0 Å². The Labute approximate surface area is 208 Å². The van der Waals surface area contributed by atoms with E-state index in [1.165, 1.54) is 17.7 Å². The molecular formula is C24H28Cl2N4O4. The van der Waals surface area contributed by atoms with E-state index in [4.69, 9.17) is 32.9 Å². The molecule has 0 saturated carbocycles. The van der Waals surface area contributed by atoms with Gasteiger partial charge in [0.05, 0.1) is 21.7 Å². The third-order valence-corrected chi connectivity index (χ3v) is 6.67. The summed E-state index contributed by atoms with van der Waals surface area (Å²) >= 11 is 12.1. The lowest BCUT2D eigenvalue weighted by Gasteiger charge is -2.40. The molecule has 1 atom stereocenters. The number of ether oxygens (including phenoxy) is 1. The third kappa shape index (κ3) is 6.18. The molecule has 2 aliphatic heterocycles. The van der Waals surface area contributed by atoms with Crippen LogP contribution in [0.5, 0.6) is 0 Å². The minimum absolute atomic E-state index is 0.0568. The number of carbonyl (C=O) groups excluding carboxylic acids is 1. The Balaban J connectivity index is 1.17. The van der Waals surface area contributed by atoms with Crippen molar-refractivity contribution in [3.05, 3.63) is 57.2 Å². The molecule has 3 N–H and O–H groups in total. The summed E-state index contributed by atoms with van der Waals surface area (Å²) in [7, 11) is 0.